The number of benzene rings is 2. The molecule has 0 radical (unpaired) electrons. The van der Waals surface area contributed by atoms with Gasteiger partial charge in [-0.1, -0.05) is 24.3 Å². The highest BCUT2D eigenvalue weighted by atomic mass is 19.3. The molecule has 0 saturated carbocycles. The van der Waals surface area contributed by atoms with E-state index < -0.39 is 12.6 Å². The summed E-state index contributed by atoms with van der Waals surface area (Å²) in [6.45, 7) is -2.42. The number of alkyl halides is 2. The number of amides is 1. The molecule has 0 bridgehead atoms. The van der Waals surface area contributed by atoms with E-state index >= 15 is 0 Å². The molecule has 138 valence electrons. The van der Waals surface area contributed by atoms with Crippen molar-refractivity contribution in [2.24, 2.45) is 0 Å². The summed E-state index contributed by atoms with van der Waals surface area (Å²) in [4.78, 5) is 23.3. The highest BCUT2D eigenvalue weighted by Gasteiger charge is 2.07. The summed E-state index contributed by atoms with van der Waals surface area (Å²) in [5.74, 6) is -0.506. The van der Waals surface area contributed by atoms with Crippen LogP contribution in [0.3, 0.4) is 0 Å². The van der Waals surface area contributed by atoms with Gasteiger partial charge in [-0.3, -0.25) is 4.79 Å². The van der Waals surface area contributed by atoms with Crippen molar-refractivity contribution in [2.75, 3.05) is 13.7 Å². The number of methoxy groups -OCH3 is 1. The van der Waals surface area contributed by atoms with Gasteiger partial charge in [-0.15, -0.1) is 0 Å². The molecule has 5 nitrogen and oxygen atoms in total. The average Bonchev–Trinajstić information content (AvgIpc) is 2.63. The Labute approximate surface area is 149 Å². The summed E-state index contributed by atoms with van der Waals surface area (Å²) in [7, 11) is 1.32. The molecule has 0 aliphatic carbocycles. The van der Waals surface area contributed by atoms with Gasteiger partial charge in [0.2, 0.25) is 5.91 Å². The topological polar surface area (TPSA) is 64.6 Å². The molecule has 1 amide bonds. The maximum atomic E-state index is 12.1. The molecule has 0 atom stereocenters. The average molecular weight is 363 g/mol. The van der Waals surface area contributed by atoms with Crippen LogP contribution in [-0.2, 0) is 22.4 Å². The highest BCUT2D eigenvalue weighted by molar-refractivity contribution is 5.89. The lowest BCUT2D eigenvalue weighted by atomic mass is 10.1. The first-order valence-corrected chi connectivity index (χ1v) is 7.95. The quantitative estimate of drug-likeness (QED) is 0.733. The SMILES string of the molecule is COC(=O)c1ccc(CCNC(=O)Cc2ccc(OC(F)F)cc2)cc1. The van der Waals surface area contributed by atoms with E-state index in [1.807, 2.05) is 0 Å². The Morgan fingerprint density at radius 3 is 2.19 bits per heavy atom. The van der Waals surface area contributed by atoms with E-state index in [9.17, 15) is 18.4 Å². The first-order chi connectivity index (χ1) is 12.5. The Kier molecular flexibility index (Phi) is 7.08. The molecule has 0 aliphatic rings. The van der Waals surface area contributed by atoms with Gasteiger partial charge >= 0.3 is 12.6 Å². The number of nitrogens with one attached hydrogen (secondary N) is 1. The third kappa shape index (κ3) is 6.16. The number of rotatable bonds is 8. The number of hydrogen-bond acceptors (Lipinski definition) is 4. The Balaban J connectivity index is 1.75. The lowest BCUT2D eigenvalue weighted by molar-refractivity contribution is -0.120. The number of ether oxygens (including phenoxy) is 2. The molecule has 0 saturated heterocycles. The van der Waals surface area contributed by atoms with Gasteiger partial charge in [0.15, 0.2) is 0 Å². The molecule has 2 rings (SSSR count). The monoisotopic (exact) mass is 363 g/mol. The van der Waals surface area contributed by atoms with E-state index in [1.54, 1.807) is 36.4 Å². The number of carbonyl (C=O) groups excluding carboxylic acids is 2. The summed E-state index contributed by atoms with van der Waals surface area (Å²) in [6.07, 6.45) is 0.768. The number of hydrogen-bond donors (Lipinski definition) is 1. The standard InChI is InChI=1S/C19H19F2NO4/c1-25-18(24)15-6-2-13(3-7-15)10-11-22-17(23)12-14-4-8-16(9-5-14)26-19(20)21/h2-9,19H,10-12H2,1H3,(H,22,23). The Morgan fingerprint density at radius 2 is 1.62 bits per heavy atom. The highest BCUT2D eigenvalue weighted by Crippen LogP contribution is 2.15. The molecule has 0 unspecified atom stereocenters. The smallest absolute Gasteiger partial charge is 0.387 e. The second-order valence-corrected chi connectivity index (χ2v) is 5.49. The van der Waals surface area contributed by atoms with E-state index in [-0.39, 0.29) is 18.1 Å². The minimum atomic E-state index is -2.87. The van der Waals surface area contributed by atoms with Crippen LogP contribution in [-0.4, -0.2) is 32.1 Å². The lowest BCUT2D eigenvalue weighted by Crippen LogP contribution is -2.27. The fourth-order valence-corrected chi connectivity index (χ4v) is 2.31. The van der Waals surface area contributed by atoms with Gasteiger partial charge in [0.1, 0.15) is 5.75 Å². The molecule has 0 aliphatic heterocycles. The fraction of sp³-hybridized carbons (Fsp3) is 0.263. The van der Waals surface area contributed by atoms with E-state index in [0.717, 1.165) is 5.56 Å². The summed E-state index contributed by atoms with van der Waals surface area (Å²) in [6, 6.07) is 12.9. The summed E-state index contributed by atoms with van der Waals surface area (Å²) < 4.78 is 33.0. The second-order valence-electron chi connectivity index (χ2n) is 5.49. The zero-order valence-corrected chi connectivity index (χ0v) is 14.2. The zero-order valence-electron chi connectivity index (χ0n) is 14.2. The van der Waals surface area contributed by atoms with Crippen LogP contribution in [0, 0.1) is 0 Å². The van der Waals surface area contributed by atoms with Crippen LogP contribution >= 0.6 is 0 Å². The second kappa shape index (κ2) is 9.50. The lowest BCUT2D eigenvalue weighted by Gasteiger charge is -2.07. The van der Waals surface area contributed by atoms with Crippen molar-refractivity contribution < 1.29 is 27.8 Å². The van der Waals surface area contributed by atoms with Crippen molar-refractivity contribution >= 4 is 11.9 Å². The van der Waals surface area contributed by atoms with Crippen LogP contribution in [0.25, 0.3) is 0 Å². The zero-order chi connectivity index (χ0) is 18.9. The van der Waals surface area contributed by atoms with Gasteiger partial charge in [0, 0.05) is 6.54 Å². The van der Waals surface area contributed by atoms with Crippen LogP contribution in [0.2, 0.25) is 0 Å². The molecular weight excluding hydrogens is 344 g/mol. The molecule has 26 heavy (non-hydrogen) atoms. The summed E-state index contributed by atoms with van der Waals surface area (Å²) in [5.41, 5.74) is 2.15. The first kappa shape index (κ1) is 19.4. The number of carbonyl (C=O) groups is 2. The molecule has 0 aromatic heterocycles. The first-order valence-electron chi connectivity index (χ1n) is 7.95. The largest absolute Gasteiger partial charge is 0.465 e. The number of halogens is 2. The van der Waals surface area contributed by atoms with E-state index in [4.69, 9.17) is 0 Å². The normalized spacial score (nSPS) is 10.5. The fourth-order valence-electron chi connectivity index (χ4n) is 2.31. The maximum absolute atomic E-state index is 12.1. The summed E-state index contributed by atoms with van der Waals surface area (Å²) >= 11 is 0. The minimum Gasteiger partial charge on any atom is -0.465 e. The molecule has 7 heteroatoms. The Hall–Kier alpha value is -2.96. The third-order valence-electron chi connectivity index (χ3n) is 3.62. The van der Waals surface area contributed by atoms with Crippen LogP contribution in [0.15, 0.2) is 48.5 Å². The van der Waals surface area contributed by atoms with Crippen molar-refractivity contribution in [3.05, 3.63) is 65.2 Å². The van der Waals surface area contributed by atoms with Gasteiger partial charge in [0.25, 0.3) is 0 Å². The van der Waals surface area contributed by atoms with Crippen LogP contribution in [0.5, 0.6) is 5.75 Å². The van der Waals surface area contributed by atoms with Crippen molar-refractivity contribution in [1.29, 1.82) is 0 Å². The van der Waals surface area contributed by atoms with Crippen LogP contribution in [0.4, 0.5) is 8.78 Å². The Bertz CT molecular complexity index is 730. The van der Waals surface area contributed by atoms with E-state index in [0.29, 0.717) is 24.1 Å². The van der Waals surface area contributed by atoms with E-state index in [2.05, 4.69) is 14.8 Å². The van der Waals surface area contributed by atoms with Crippen LogP contribution in [0.1, 0.15) is 21.5 Å². The van der Waals surface area contributed by atoms with E-state index in [1.165, 1.54) is 19.2 Å². The molecule has 0 heterocycles. The van der Waals surface area contributed by atoms with Crippen molar-refractivity contribution in [2.45, 2.75) is 19.5 Å². The molecule has 2 aromatic carbocycles. The maximum Gasteiger partial charge on any atom is 0.387 e. The third-order valence-corrected chi connectivity index (χ3v) is 3.62. The molecule has 2 aromatic rings. The Morgan fingerprint density at radius 1 is 1.00 bits per heavy atom. The predicted molar refractivity (Wildman–Crippen MR) is 91.3 cm³/mol. The van der Waals surface area contributed by atoms with Gasteiger partial charge in [-0.05, 0) is 41.8 Å². The minimum absolute atomic E-state index is 0.0551. The van der Waals surface area contributed by atoms with Crippen molar-refractivity contribution in [1.82, 2.24) is 5.32 Å². The summed E-state index contributed by atoms with van der Waals surface area (Å²) in [5, 5.41) is 2.79. The molecular formula is C19H19F2NO4. The van der Waals surface area contributed by atoms with Gasteiger partial charge in [0.05, 0.1) is 19.1 Å². The number of esters is 1. The van der Waals surface area contributed by atoms with Gasteiger partial charge in [-0.25, -0.2) is 4.79 Å². The van der Waals surface area contributed by atoms with Gasteiger partial charge < -0.3 is 14.8 Å². The van der Waals surface area contributed by atoms with Crippen molar-refractivity contribution in [3.63, 3.8) is 0 Å². The molecule has 0 fully saturated rings. The van der Waals surface area contributed by atoms with Crippen molar-refractivity contribution in [3.8, 4) is 5.75 Å². The van der Waals surface area contributed by atoms with Crippen LogP contribution < -0.4 is 10.1 Å². The molecule has 1 N–H and O–H groups in total. The molecule has 0 spiro atoms. The van der Waals surface area contributed by atoms with Gasteiger partial charge in [-0.2, -0.15) is 8.78 Å². The predicted octanol–water partition coefficient (Wildman–Crippen LogP) is 2.98.